The zero-order chi connectivity index (χ0) is 31.0. The molecule has 0 spiro atoms. The molecule has 44 heavy (non-hydrogen) atoms. The molecule has 2 saturated heterocycles. The van der Waals surface area contributed by atoms with Crippen molar-refractivity contribution in [2.24, 2.45) is 0 Å². The summed E-state index contributed by atoms with van der Waals surface area (Å²) in [4.78, 5) is 31.4. The number of halogens is 4. The fraction of sp³-hybridized carbons (Fsp3) is 0.393. The van der Waals surface area contributed by atoms with Gasteiger partial charge in [0.1, 0.15) is 41.0 Å². The molecule has 16 heteroatoms. The first kappa shape index (κ1) is 29.8. The van der Waals surface area contributed by atoms with Gasteiger partial charge < -0.3 is 24.0 Å². The van der Waals surface area contributed by atoms with Crippen molar-refractivity contribution in [2.45, 2.75) is 18.6 Å². The molecule has 1 N–H and O–H groups in total. The van der Waals surface area contributed by atoms with Crippen LogP contribution in [0.5, 0.6) is 17.6 Å². The topological polar surface area (TPSA) is 122 Å². The number of ether oxygens (including phenoxy) is 3. The van der Waals surface area contributed by atoms with Gasteiger partial charge in [-0.1, -0.05) is 18.2 Å². The highest BCUT2D eigenvalue weighted by molar-refractivity contribution is 6.33. The van der Waals surface area contributed by atoms with E-state index in [0.717, 1.165) is 0 Å². The van der Waals surface area contributed by atoms with Crippen molar-refractivity contribution in [3.05, 3.63) is 48.0 Å². The number of aromatic amines is 1. The largest absolute Gasteiger partial charge is 0.456 e. The summed E-state index contributed by atoms with van der Waals surface area (Å²) in [5.41, 5.74) is 0.610. The minimum atomic E-state index is -2.63. The summed E-state index contributed by atoms with van der Waals surface area (Å²) in [6.45, 7) is 5.35. The van der Waals surface area contributed by atoms with E-state index in [2.05, 4.69) is 26.7 Å². The number of piperazine rings is 1. The van der Waals surface area contributed by atoms with Crippen LogP contribution in [0.2, 0.25) is 5.02 Å². The number of fused-ring (bicyclic) bond motifs is 2. The van der Waals surface area contributed by atoms with Crippen LogP contribution in [0.25, 0.3) is 21.8 Å². The van der Waals surface area contributed by atoms with Crippen molar-refractivity contribution >= 4 is 45.1 Å². The molecule has 0 saturated carbocycles. The lowest BCUT2D eigenvalue weighted by Crippen LogP contribution is -2.48. The van der Waals surface area contributed by atoms with E-state index in [1.807, 2.05) is 16.8 Å². The summed E-state index contributed by atoms with van der Waals surface area (Å²) >= 11 is 6.31. The Morgan fingerprint density at radius 3 is 2.73 bits per heavy atom. The van der Waals surface area contributed by atoms with E-state index >= 15 is 0 Å². The van der Waals surface area contributed by atoms with Crippen molar-refractivity contribution in [3.63, 3.8) is 0 Å². The van der Waals surface area contributed by atoms with Crippen molar-refractivity contribution in [3.8, 4) is 17.6 Å². The third-order valence-electron chi connectivity index (χ3n) is 7.49. The zero-order valence-corrected chi connectivity index (χ0v) is 24.3. The molecule has 2 atom stereocenters. The minimum absolute atomic E-state index is 0.000474. The van der Waals surface area contributed by atoms with Crippen molar-refractivity contribution in [2.75, 3.05) is 57.8 Å². The normalized spacial score (nSPS) is 19.3. The smallest absolute Gasteiger partial charge is 0.319 e. The molecule has 232 valence electrons. The molecule has 4 aromatic rings. The van der Waals surface area contributed by atoms with Gasteiger partial charge in [-0.25, -0.2) is 18.2 Å². The second-order valence-corrected chi connectivity index (χ2v) is 10.8. The van der Waals surface area contributed by atoms with Gasteiger partial charge in [-0.2, -0.15) is 15.1 Å². The number of nitrogens with zero attached hydrogens (tertiary/aromatic N) is 7. The van der Waals surface area contributed by atoms with Crippen molar-refractivity contribution in [1.29, 1.82) is 0 Å². The molecule has 0 bridgehead atoms. The van der Waals surface area contributed by atoms with Gasteiger partial charge >= 0.3 is 6.01 Å². The fourth-order valence-electron chi connectivity index (χ4n) is 5.36. The van der Waals surface area contributed by atoms with Gasteiger partial charge in [0.25, 0.3) is 6.43 Å². The monoisotopic (exact) mass is 632 g/mol. The lowest BCUT2D eigenvalue weighted by molar-refractivity contribution is -0.126. The number of alkyl halides is 2. The summed E-state index contributed by atoms with van der Waals surface area (Å²) < 4.78 is 58.3. The van der Waals surface area contributed by atoms with Gasteiger partial charge in [-0.3, -0.25) is 14.8 Å². The number of anilines is 1. The molecule has 5 heterocycles. The predicted molar refractivity (Wildman–Crippen MR) is 155 cm³/mol. The maximum Gasteiger partial charge on any atom is 0.319 e. The number of carbonyl (C=O) groups excluding carboxylic acids is 1. The number of hydrogen-bond donors (Lipinski definition) is 1. The van der Waals surface area contributed by atoms with Gasteiger partial charge in [0.05, 0.1) is 22.5 Å². The van der Waals surface area contributed by atoms with Gasteiger partial charge in [0.2, 0.25) is 11.8 Å². The molecule has 2 aliphatic rings. The van der Waals surface area contributed by atoms with Crippen LogP contribution in [-0.2, 0) is 9.53 Å². The first-order valence-electron chi connectivity index (χ1n) is 13.8. The van der Waals surface area contributed by atoms with Crippen LogP contribution in [0, 0.1) is 5.82 Å². The molecule has 2 fully saturated rings. The number of aromatic nitrogens is 5. The number of hydrogen-bond acceptors (Lipinski definition) is 10. The van der Waals surface area contributed by atoms with Crippen LogP contribution in [0.15, 0.2) is 37.2 Å². The molecule has 0 radical (unpaired) electrons. The van der Waals surface area contributed by atoms with E-state index in [0.29, 0.717) is 61.4 Å². The van der Waals surface area contributed by atoms with Crippen LogP contribution in [-0.4, -0.2) is 112 Å². The number of nitrogens with one attached hydrogen (secondary N) is 1. The Balaban J connectivity index is 1.40. The van der Waals surface area contributed by atoms with Crippen molar-refractivity contribution in [1.82, 2.24) is 34.9 Å². The predicted octanol–water partition coefficient (Wildman–Crippen LogP) is 3.66. The number of likely N-dealkylation sites (tertiary alicyclic amines) is 1. The number of rotatable bonds is 9. The van der Waals surface area contributed by atoms with E-state index in [4.69, 9.17) is 30.8 Å². The Morgan fingerprint density at radius 2 is 1.98 bits per heavy atom. The highest BCUT2D eigenvalue weighted by atomic mass is 35.5. The van der Waals surface area contributed by atoms with Crippen LogP contribution in [0.1, 0.15) is 0 Å². The second-order valence-electron chi connectivity index (χ2n) is 10.4. The third kappa shape index (κ3) is 5.94. The van der Waals surface area contributed by atoms with Crippen LogP contribution in [0.4, 0.5) is 19.0 Å². The summed E-state index contributed by atoms with van der Waals surface area (Å²) in [7, 11) is 1.83. The van der Waals surface area contributed by atoms with Crippen LogP contribution >= 0.6 is 11.6 Å². The molecule has 1 amide bonds. The molecule has 1 aromatic carbocycles. The summed E-state index contributed by atoms with van der Waals surface area (Å²) in [5.74, 6) is -0.407. The molecular weight excluding hydrogens is 605 g/mol. The number of H-pyrrole nitrogens is 1. The zero-order valence-electron chi connectivity index (χ0n) is 23.6. The standard InChI is InChI=1S/C28H28ClF3N8O4/c1-3-22(41)39-6-8-40(9-7-39)26-15-4-5-33-27(44-25-16-11-34-37-18(16)10-17(30)23(25)29)24(15)35-28(36-26)43-20-13-38(2)12-19(20)42-14-21(31)32/h3-5,10-11,19-21H,1,6-9,12-14H2,2H3,(H,34,37)/t19?,20-/m1/s1. The lowest BCUT2D eigenvalue weighted by Gasteiger charge is -2.35. The van der Waals surface area contributed by atoms with Gasteiger partial charge in [-0.15, -0.1) is 0 Å². The average molecular weight is 633 g/mol. The first-order chi connectivity index (χ1) is 21.2. The SMILES string of the molecule is C=CC(=O)N1CCN(c2nc(O[C@@H]3CN(C)CC3OCC(F)F)nc3c(Oc4c(Cl)c(F)cc5[nH]ncc45)nccc23)CC1. The molecular formula is C28H28ClF3N8O4. The number of benzene rings is 1. The van der Waals surface area contributed by atoms with E-state index in [1.54, 1.807) is 11.0 Å². The summed E-state index contributed by atoms with van der Waals surface area (Å²) in [5, 5.41) is 7.37. The summed E-state index contributed by atoms with van der Waals surface area (Å²) in [6.07, 6.45) is 0.319. The molecule has 1 unspecified atom stereocenters. The number of pyridine rings is 1. The lowest BCUT2D eigenvalue weighted by atomic mass is 10.2. The highest BCUT2D eigenvalue weighted by Crippen LogP contribution is 2.40. The maximum absolute atomic E-state index is 14.7. The number of likely N-dealkylation sites (N-methyl/N-ethyl adjacent to an activating group) is 1. The minimum Gasteiger partial charge on any atom is -0.456 e. The molecule has 2 aliphatic heterocycles. The number of amides is 1. The molecule has 3 aromatic heterocycles. The van der Waals surface area contributed by atoms with E-state index in [-0.39, 0.29) is 34.1 Å². The van der Waals surface area contributed by atoms with E-state index < -0.39 is 31.1 Å². The van der Waals surface area contributed by atoms with Crippen LogP contribution in [0.3, 0.4) is 0 Å². The van der Waals surface area contributed by atoms with Gasteiger partial charge in [0.15, 0.2) is 5.75 Å². The first-order valence-corrected chi connectivity index (χ1v) is 14.2. The Morgan fingerprint density at radius 1 is 1.20 bits per heavy atom. The quantitative estimate of drug-likeness (QED) is 0.274. The van der Waals surface area contributed by atoms with E-state index in [1.165, 1.54) is 24.5 Å². The molecule has 0 aliphatic carbocycles. The molecule has 12 nitrogen and oxygen atoms in total. The Bertz CT molecular complexity index is 1700. The Kier molecular flexibility index (Phi) is 8.42. The van der Waals surface area contributed by atoms with Gasteiger partial charge in [0, 0.05) is 51.5 Å². The number of carbonyl (C=O) groups is 1. The summed E-state index contributed by atoms with van der Waals surface area (Å²) in [6, 6.07) is 2.86. The molecule has 6 rings (SSSR count). The van der Waals surface area contributed by atoms with Crippen LogP contribution < -0.4 is 14.4 Å². The Labute approximate surface area is 254 Å². The Hall–Kier alpha value is -4.21. The second kappa shape index (κ2) is 12.4. The average Bonchev–Trinajstić information content (AvgIpc) is 3.63. The van der Waals surface area contributed by atoms with Gasteiger partial charge in [-0.05, 0) is 19.2 Å². The fourth-order valence-corrected chi connectivity index (χ4v) is 5.56. The third-order valence-corrected chi connectivity index (χ3v) is 7.84. The van der Waals surface area contributed by atoms with E-state index in [9.17, 15) is 18.0 Å². The maximum atomic E-state index is 14.7. The van der Waals surface area contributed by atoms with Crippen molar-refractivity contribution < 1.29 is 32.2 Å². The highest BCUT2D eigenvalue weighted by Gasteiger charge is 2.35.